The molecule has 0 spiro atoms. The van der Waals surface area contributed by atoms with Crippen molar-refractivity contribution in [3.8, 4) is 11.3 Å². The van der Waals surface area contributed by atoms with Crippen LogP contribution >= 0.6 is 0 Å². The number of rotatable bonds is 16. The Morgan fingerprint density at radius 1 is 0.746 bits per heavy atom. The summed E-state index contributed by atoms with van der Waals surface area (Å²) in [5.41, 5.74) is 3.83. The van der Waals surface area contributed by atoms with Gasteiger partial charge in [-0.2, -0.15) is 0 Å². The minimum absolute atomic E-state index is 0.0244. The average Bonchev–Trinajstić information content (AvgIpc) is 3.52. The lowest BCUT2D eigenvalue weighted by molar-refractivity contribution is -0.131. The van der Waals surface area contributed by atoms with Gasteiger partial charge in [0.2, 0.25) is 11.8 Å². The summed E-state index contributed by atoms with van der Waals surface area (Å²) in [5.74, 6) is -0.925. The molecule has 4 aromatic rings. The number of benzene rings is 2. The normalized spacial score (nSPS) is 15.8. The molecule has 0 bridgehead atoms. The summed E-state index contributed by atoms with van der Waals surface area (Å²) in [6.07, 6.45) is 1.59. The molecule has 2 aromatic carbocycles. The molecular weight excluding hydrogens is 747 g/mol. The second-order valence-electron chi connectivity index (χ2n) is 17.7. The lowest BCUT2D eigenvalue weighted by Gasteiger charge is -2.38. The van der Waals surface area contributed by atoms with E-state index in [1.165, 1.54) is 0 Å². The number of carboxylic acid groups (broad SMARTS) is 1. The van der Waals surface area contributed by atoms with Crippen LogP contribution in [0, 0.1) is 17.8 Å². The molecule has 1 fully saturated rings. The molecule has 3 heterocycles. The van der Waals surface area contributed by atoms with E-state index < -0.39 is 59.0 Å². The number of pyridine rings is 2. The van der Waals surface area contributed by atoms with E-state index in [4.69, 9.17) is 0 Å². The van der Waals surface area contributed by atoms with Crippen LogP contribution in [-0.4, -0.2) is 97.3 Å². The zero-order chi connectivity index (χ0) is 42.9. The van der Waals surface area contributed by atoms with Gasteiger partial charge in [-0.25, -0.2) is 9.59 Å². The first-order valence-electron chi connectivity index (χ1n) is 20.2. The third-order valence-corrected chi connectivity index (χ3v) is 10.6. The van der Waals surface area contributed by atoms with Crippen LogP contribution in [0.4, 0.5) is 9.59 Å². The van der Waals surface area contributed by atoms with Crippen LogP contribution in [-0.2, 0) is 29.0 Å². The number of aryl methyl sites for hydroxylation is 1. The van der Waals surface area contributed by atoms with Gasteiger partial charge >= 0.3 is 12.1 Å². The second kappa shape index (κ2) is 19.3. The Morgan fingerprint density at radius 3 is 2.00 bits per heavy atom. The van der Waals surface area contributed by atoms with Crippen molar-refractivity contribution in [1.82, 2.24) is 35.7 Å². The third kappa shape index (κ3) is 12.3. The molecule has 2 aromatic heterocycles. The maximum absolute atomic E-state index is 14.6. The number of aliphatic hydroxyl groups is 1. The van der Waals surface area contributed by atoms with Crippen molar-refractivity contribution in [2.75, 3.05) is 13.1 Å². The highest BCUT2D eigenvalue weighted by molar-refractivity contribution is 5.89. The Hall–Kier alpha value is -5.82. The lowest BCUT2D eigenvalue weighted by atomic mass is 9.84. The molecule has 0 saturated carbocycles. The molecule has 59 heavy (non-hydrogen) atoms. The summed E-state index contributed by atoms with van der Waals surface area (Å²) in [5, 5.41) is 30.3. The molecule has 314 valence electrons. The fourth-order valence-electron chi connectivity index (χ4n) is 7.58. The molecular formula is C46H59N7O6. The monoisotopic (exact) mass is 805 g/mol. The standard InChI is InChI=1S/C46H59N7O6/c1-30-16-17-33(28-48-30)29-52-23-24-53(44(52)59)40(46(5,6)7)42(56)50-37(26-31-13-9-8-10-14-31)38(54)27-35(49-41(55)39(45(2,3)4)51-43(57)58)25-32-18-20-34(21-19-32)36-15-11-12-22-47-36/h8-22,28,35,37-40,51,54H,23-27,29H2,1-7H3,(H,49,55)(H,50,56)(H,57,58)/t35-,37-,38-,39+,40+/m0/s1. The van der Waals surface area contributed by atoms with Crippen molar-refractivity contribution in [1.29, 1.82) is 0 Å². The number of carbonyl (C=O) groups excluding carboxylic acids is 3. The fourth-order valence-corrected chi connectivity index (χ4v) is 7.58. The smallest absolute Gasteiger partial charge is 0.405 e. The van der Waals surface area contributed by atoms with Crippen molar-refractivity contribution >= 4 is 23.9 Å². The van der Waals surface area contributed by atoms with Crippen LogP contribution in [0.1, 0.15) is 70.3 Å². The quantitative estimate of drug-likeness (QED) is 0.0917. The highest BCUT2D eigenvalue weighted by Crippen LogP contribution is 2.29. The van der Waals surface area contributed by atoms with E-state index in [2.05, 4.69) is 25.9 Å². The van der Waals surface area contributed by atoms with E-state index >= 15 is 0 Å². The van der Waals surface area contributed by atoms with E-state index in [-0.39, 0.29) is 18.9 Å². The van der Waals surface area contributed by atoms with Crippen molar-refractivity contribution in [3.63, 3.8) is 0 Å². The highest BCUT2D eigenvalue weighted by atomic mass is 16.4. The van der Waals surface area contributed by atoms with Gasteiger partial charge in [0, 0.05) is 49.3 Å². The molecule has 1 saturated heterocycles. The molecule has 13 heteroatoms. The number of hydrogen-bond donors (Lipinski definition) is 5. The number of urea groups is 1. The number of carbonyl (C=O) groups is 4. The zero-order valence-electron chi connectivity index (χ0n) is 35.2. The minimum atomic E-state index is -1.33. The van der Waals surface area contributed by atoms with Gasteiger partial charge in [0.15, 0.2) is 0 Å². The van der Waals surface area contributed by atoms with E-state index in [9.17, 15) is 29.4 Å². The third-order valence-electron chi connectivity index (χ3n) is 10.6. The Morgan fingerprint density at radius 2 is 1.41 bits per heavy atom. The summed E-state index contributed by atoms with van der Waals surface area (Å²) in [6, 6.07) is 23.1. The molecule has 1 aliphatic rings. The second-order valence-corrected chi connectivity index (χ2v) is 17.7. The summed E-state index contributed by atoms with van der Waals surface area (Å²) in [7, 11) is 0. The Kier molecular flexibility index (Phi) is 14.5. The van der Waals surface area contributed by atoms with Gasteiger partial charge in [-0.1, -0.05) is 108 Å². The number of aliphatic hydroxyl groups excluding tert-OH is 1. The largest absolute Gasteiger partial charge is 0.465 e. The van der Waals surface area contributed by atoms with Gasteiger partial charge in [0.1, 0.15) is 12.1 Å². The molecule has 0 radical (unpaired) electrons. The van der Waals surface area contributed by atoms with Gasteiger partial charge < -0.3 is 36.0 Å². The van der Waals surface area contributed by atoms with E-state index in [0.717, 1.165) is 33.6 Å². The highest BCUT2D eigenvalue weighted by Gasteiger charge is 2.44. The van der Waals surface area contributed by atoms with Gasteiger partial charge in [-0.3, -0.25) is 19.6 Å². The predicted molar refractivity (Wildman–Crippen MR) is 227 cm³/mol. The number of nitrogens with zero attached hydrogens (tertiary/aromatic N) is 4. The van der Waals surface area contributed by atoms with Crippen molar-refractivity contribution in [2.24, 2.45) is 10.8 Å². The summed E-state index contributed by atoms with van der Waals surface area (Å²) in [4.78, 5) is 66.3. The van der Waals surface area contributed by atoms with E-state index in [1.807, 2.05) is 113 Å². The number of nitrogens with one attached hydrogen (secondary N) is 3. The SMILES string of the molecule is Cc1ccc(CN2CCN([C@H](C(=O)N[C@@H](Cc3ccccc3)[C@@H](O)C[C@H](Cc3ccc(-c4ccccn4)cc3)NC(=O)[C@@H](NC(=O)O)C(C)(C)C)C(C)(C)C)C2=O)cn1. The van der Waals surface area contributed by atoms with Crippen LogP contribution in [0.15, 0.2) is 97.3 Å². The van der Waals surface area contributed by atoms with Gasteiger partial charge in [-0.05, 0) is 71.9 Å². The first kappa shape index (κ1) is 44.3. The Bertz CT molecular complexity index is 2020. The van der Waals surface area contributed by atoms with Crippen LogP contribution in [0.3, 0.4) is 0 Å². The molecule has 13 nitrogen and oxygen atoms in total. The first-order chi connectivity index (χ1) is 27.9. The average molecular weight is 806 g/mol. The van der Waals surface area contributed by atoms with Crippen molar-refractivity contribution in [3.05, 3.63) is 120 Å². The zero-order valence-corrected chi connectivity index (χ0v) is 35.2. The minimum Gasteiger partial charge on any atom is -0.465 e. The van der Waals surface area contributed by atoms with E-state index in [1.54, 1.807) is 43.0 Å². The lowest BCUT2D eigenvalue weighted by Crippen LogP contribution is -2.59. The molecule has 0 aliphatic carbocycles. The molecule has 0 unspecified atom stereocenters. The van der Waals surface area contributed by atoms with Crippen LogP contribution < -0.4 is 16.0 Å². The van der Waals surface area contributed by atoms with Crippen LogP contribution in [0.2, 0.25) is 0 Å². The van der Waals surface area contributed by atoms with Crippen LogP contribution in [0.5, 0.6) is 0 Å². The summed E-state index contributed by atoms with van der Waals surface area (Å²) in [6.45, 7) is 14.1. The fraction of sp³-hybridized carbons (Fsp3) is 0.435. The Labute approximate surface area is 347 Å². The Balaban J connectivity index is 1.41. The van der Waals surface area contributed by atoms with Gasteiger partial charge in [-0.15, -0.1) is 0 Å². The van der Waals surface area contributed by atoms with Crippen molar-refractivity contribution < 1.29 is 29.4 Å². The number of aromatic nitrogens is 2. The molecule has 5 rings (SSSR count). The van der Waals surface area contributed by atoms with Gasteiger partial charge in [0.05, 0.1) is 17.8 Å². The summed E-state index contributed by atoms with van der Waals surface area (Å²) >= 11 is 0. The van der Waals surface area contributed by atoms with E-state index in [0.29, 0.717) is 26.1 Å². The first-order valence-corrected chi connectivity index (χ1v) is 20.2. The molecule has 5 amide bonds. The van der Waals surface area contributed by atoms with Crippen LogP contribution in [0.25, 0.3) is 11.3 Å². The summed E-state index contributed by atoms with van der Waals surface area (Å²) < 4.78 is 0. The van der Waals surface area contributed by atoms with Gasteiger partial charge in [0.25, 0.3) is 0 Å². The molecule has 5 atom stereocenters. The predicted octanol–water partition coefficient (Wildman–Crippen LogP) is 5.99. The molecule has 5 N–H and O–H groups in total. The number of hydrogen-bond acceptors (Lipinski definition) is 7. The molecule has 1 aliphatic heterocycles. The maximum Gasteiger partial charge on any atom is 0.405 e. The maximum atomic E-state index is 14.6. The topological polar surface area (TPSA) is 177 Å². The van der Waals surface area contributed by atoms with Crippen molar-refractivity contribution in [2.45, 2.75) is 105 Å². The number of amides is 5.